The molecule has 96 valence electrons. The first kappa shape index (κ1) is 14.2. The van der Waals surface area contributed by atoms with E-state index in [0.29, 0.717) is 32.0 Å². The molecule has 6 heteroatoms. The van der Waals surface area contributed by atoms with Crippen molar-refractivity contribution in [2.24, 2.45) is 5.92 Å². The number of alkyl halides is 1. The maximum Gasteiger partial charge on any atom is 0.279 e. The number of hydrogen-bond acceptors (Lipinski definition) is 2. The van der Waals surface area contributed by atoms with Crippen LogP contribution in [0.1, 0.15) is 33.1 Å². The van der Waals surface area contributed by atoms with Crippen LogP contribution in [0.3, 0.4) is 0 Å². The smallest absolute Gasteiger partial charge is 0.202 e. The first-order valence-corrected chi connectivity index (χ1v) is 7.68. The van der Waals surface area contributed by atoms with Crippen LogP contribution in [0.15, 0.2) is 0 Å². The minimum absolute atomic E-state index is 0.00276. The fraction of sp³-hybridized carbons (Fsp3) is 1.00. The first-order chi connectivity index (χ1) is 7.42. The molecule has 1 aliphatic heterocycles. The maximum atomic E-state index is 11.9. The van der Waals surface area contributed by atoms with E-state index in [1.54, 1.807) is 4.31 Å². The van der Waals surface area contributed by atoms with Gasteiger partial charge in [0.15, 0.2) is 0 Å². The molecule has 1 N–H and O–H groups in total. The Hall–Kier alpha value is 0.160. The molecular formula is C10H21ClN2O2S. The van der Waals surface area contributed by atoms with Crippen LogP contribution in [-0.2, 0) is 10.2 Å². The summed E-state index contributed by atoms with van der Waals surface area (Å²) in [6, 6.07) is 0. The molecule has 0 aliphatic carbocycles. The molecule has 0 aromatic rings. The van der Waals surface area contributed by atoms with Gasteiger partial charge in [0, 0.05) is 25.0 Å². The molecule has 0 radical (unpaired) electrons. The molecule has 0 amide bonds. The van der Waals surface area contributed by atoms with Gasteiger partial charge in [0.25, 0.3) is 10.2 Å². The van der Waals surface area contributed by atoms with E-state index < -0.39 is 10.2 Å². The molecule has 0 aromatic heterocycles. The molecule has 1 saturated heterocycles. The summed E-state index contributed by atoms with van der Waals surface area (Å²) in [7, 11) is -3.29. The van der Waals surface area contributed by atoms with Crippen LogP contribution in [0.2, 0.25) is 0 Å². The van der Waals surface area contributed by atoms with Gasteiger partial charge in [-0.3, -0.25) is 0 Å². The van der Waals surface area contributed by atoms with Crippen molar-refractivity contribution in [1.82, 2.24) is 9.03 Å². The van der Waals surface area contributed by atoms with Crippen LogP contribution in [-0.4, -0.2) is 37.7 Å². The quantitative estimate of drug-likeness (QED) is 0.770. The van der Waals surface area contributed by atoms with Crippen molar-refractivity contribution in [3.63, 3.8) is 0 Å². The maximum absolute atomic E-state index is 11.9. The van der Waals surface area contributed by atoms with Crippen molar-refractivity contribution in [3.8, 4) is 0 Å². The van der Waals surface area contributed by atoms with E-state index in [1.165, 1.54) is 0 Å². The van der Waals surface area contributed by atoms with Crippen molar-refractivity contribution in [2.75, 3.05) is 19.6 Å². The second-order valence-electron chi connectivity index (χ2n) is 4.57. The standard InChI is InChI=1S/C10H21ClN2O2S/c1-9-4-3-7-13(8-9)16(14,15)12-6-5-10(2)11/h9-10,12H,3-8H2,1-2H3. The summed E-state index contributed by atoms with van der Waals surface area (Å²) in [5.41, 5.74) is 0. The van der Waals surface area contributed by atoms with Crippen LogP contribution in [0.25, 0.3) is 0 Å². The van der Waals surface area contributed by atoms with E-state index in [4.69, 9.17) is 11.6 Å². The predicted molar refractivity (Wildman–Crippen MR) is 66.8 cm³/mol. The van der Waals surface area contributed by atoms with E-state index in [-0.39, 0.29) is 5.38 Å². The lowest BCUT2D eigenvalue weighted by molar-refractivity contribution is 0.278. The number of hydrogen-bond donors (Lipinski definition) is 1. The Morgan fingerprint density at radius 2 is 2.25 bits per heavy atom. The summed E-state index contributed by atoms with van der Waals surface area (Å²) in [5, 5.41) is 0.00276. The summed E-state index contributed by atoms with van der Waals surface area (Å²) < 4.78 is 27.9. The number of nitrogens with one attached hydrogen (secondary N) is 1. The normalized spacial score (nSPS) is 25.6. The fourth-order valence-corrected chi connectivity index (χ4v) is 3.33. The molecule has 2 unspecified atom stereocenters. The number of halogens is 1. The van der Waals surface area contributed by atoms with Crippen LogP contribution < -0.4 is 4.72 Å². The second kappa shape index (κ2) is 6.19. The first-order valence-electron chi connectivity index (χ1n) is 5.80. The molecule has 1 aliphatic rings. The topological polar surface area (TPSA) is 49.4 Å². The van der Waals surface area contributed by atoms with Gasteiger partial charge >= 0.3 is 0 Å². The Kier molecular flexibility index (Phi) is 5.50. The third-order valence-corrected chi connectivity index (χ3v) is 4.58. The predicted octanol–water partition coefficient (Wildman–Crippen LogP) is 1.57. The molecule has 1 heterocycles. The highest BCUT2D eigenvalue weighted by Gasteiger charge is 2.26. The van der Waals surface area contributed by atoms with Gasteiger partial charge in [-0.25, -0.2) is 4.72 Å². The molecule has 4 nitrogen and oxygen atoms in total. The van der Waals surface area contributed by atoms with Gasteiger partial charge in [-0.05, 0) is 32.1 Å². The molecule has 0 aromatic carbocycles. The summed E-state index contributed by atoms with van der Waals surface area (Å²) in [5.74, 6) is 0.456. The molecule has 1 rings (SSSR count). The summed E-state index contributed by atoms with van der Waals surface area (Å²) in [6.07, 6.45) is 2.73. The Morgan fingerprint density at radius 3 is 2.81 bits per heavy atom. The van der Waals surface area contributed by atoms with Crippen molar-refractivity contribution in [3.05, 3.63) is 0 Å². The monoisotopic (exact) mass is 268 g/mol. The van der Waals surface area contributed by atoms with Crippen LogP contribution in [0, 0.1) is 5.92 Å². The average Bonchev–Trinajstić information content (AvgIpc) is 2.16. The Balaban J connectivity index is 2.43. The van der Waals surface area contributed by atoms with E-state index >= 15 is 0 Å². The summed E-state index contributed by atoms with van der Waals surface area (Å²) in [4.78, 5) is 0. The molecular weight excluding hydrogens is 248 g/mol. The molecule has 0 bridgehead atoms. The Labute approximate surface area is 104 Å². The van der Waals surface area contributed by atoms with E-state index in [0.717, 1.165) is 12.8 Å². The van der Waals surface area contributed by atoms with Crippen molar-refractivity contribution >= 4 is 21.8 Å². The van der Waals surface area contributed by atoms with Crippen LogP contribution in [0.5, 0.6) is 0 Å². The van der Waals surface area contributed by atoms with Crippen molar-refractivity contribution < 1.29 is 8.42 Å². The zero-order chi connectivity index (χ0) is 12.2. The summed E-state index contributed by atoms with van der Waals surface area (Å²) in [6.45, 7) is 5.63. The van der Waals surface area contributed by atoms with Crippen LogP contribution in [0.4, 0.5) is 0 Å². The highest BCUT2D eigenvalue weighted by molar-refractivity contribution is 7.87. The number of piperidine rings is 1. The van der Waals surface area contributed by atoms with Crippen molar-refractivity contribution in [1.29, 1.82) is 0 Å². The highest BCUT2D eigenvalue weighted by atomic mass is 35.5. The van der Waals surface area contributed by atoms with Crippen molar-refractivity contribution in [2.45, 2.75) is 38.5 Å². The molecule has 16 heavy (non-hydrogen) atoms. The SMILES string of the molecule is CC(Cl)CCNS(=O)(=O)N1CCCC(C)C1. The van der Waals surface area contributed by atoms with E-state index in [9.17, 15) is 8.42 Å². The lowest BCUT2D eigenvalue weighted by Crippen LogP contribution is -2.45. The van der Waals surface area contributed by atoms with Crippen LogP contribution >= 0.6 is 11.6 Å². The summed E-state index contributed by atoms with van der Waals surface area (Å²) >= 11 is 5.77. The number of rotatable bonds is 5. The zero-order valence-corrected chi connectivity index (χ0v) is 11.5. The van der Waals surface area contributed by atoms with Gasteiger partial charge in [-0.15, -0.1) is 11.6 Å². The molecule has 2 atom stereocenters. The van der Waals surface area contributed by atoms with E-state index in [2.05, 4.69) is 11.6 Å². The average molecular weight is 269 g/mol. The van der Waals surface area contributed by atoms with Gasteiger partial charge in [0.1, 0.15) is 0 Å². The minimum atomic E-state index is -3.29. The van der Waals surface area contributed by atoms with Gasteiger partial charge < -0.3 is 0 Å². The number of nitrogens with zero attached hydrogens (tertiary/aromatic N) is 1. The largest absolute Gasteiger partial charge is 0.279 e. The third kappa shape index (κ3) is 4.57. The molecule has 0 saturated carbocycles. The Morgan fingerprint density at radius 1 is 1.56 bits per heavy atom. The van der Waals surface area contributed by atoms with Gasteiger partial charge in [-0.1, -0.05) is 6.92 Å². The third-order valence-electron chi connectivity index (χ3n) is 2.79. The lowest BCUT2D eigenvalue weighted by atomic mass is 10.0. The Bertz CT molecular complexity index is 306. The molecule has 1 fully saturated rings. The zero-order valence-electron chi connectivity index (χ0n) is 9.95. The molecule has 0 spiro atoms. The van der Waals surface area contributed by atoms with Gasteiger partial charge in [0.2, 0.25) is 0 Å². The lowest BCUT2D eigenvalue weighted by Gasteiger charge is -2.30. The minimum Gasteiger partial charge on any atom is -0.202 e. The highest BCUT2D eigenvalue weighted by Crippen LogP contribution is 2.17. The van der Waals surface area contributed by atoms with Gasteiger partial charge in [-0.2, -0.15) is 12.7 Å². The second-order valence-corrected chi connectivity index (χ2v) is 7.07. The van der Waals surface area contributed by atoms with Gasteiger partial charge in [0.05, 0.1) is 0 Å². The van der Waals surface area contributed by atoms with E-state index in [1.807, 2.05) is 6.92 Å². The fourth-order valence-electron chi connectivity index (χ4n) is 1.84.